The van der Waals surface area contributed by atoms with Crippen LogP contribution in [0.4, 0.5) is 0 Å². The van der Waals surface area contributed by atoms with Crippen molar-refractivity contribution in [2.45, 2.75) is 17.9 Å². The molecule has 0 saturated carbocycles. The Morgan fingerprint density at radius 3 is 2.59 bits per heavy atom. The molecule has 1 N–H and O–H groups in total. The van der Waals surface area contributed by atoms with Gasteiger partial charge in [-0.05, 0) is 56.2 Å². The molecule has 22 heavy (non-hydrogen) atoms. The summed E-state index contributed by atoms with van der Waals surface area (Å²) in [5, 5.41) is 2.00. The van der Waals surface area contributed by atoms with Crippen LogP contribution in [0.25, 0.3) is 0 Å². The number of hydrogen-bond donors (Lipinski definition) is 1. The number of nitrogens with zero attached hydrogens (tertiary/aromatic N) is 1. The number of sulfonamides is 1. The summed E-state index contributed by atoms with van der Waals surface area (Å²) >= 11 is 5.01. The summed E-state index contributed by atoms with van der Waals surface area (Å²) in [5.74, 6) is 0. The predicted molar refractivity (Wildman–Crippen MR) is 94.8 cm³/mol. The molecule has 1 unspecified atom stereocenters. The van der Waals surface area contributed by atoms with Crippen LogP contribution in [0.2, 0.25) is 0 Å². The number of likely N-dealkylation sites (N-methyl/N-ethyl adjacent to an activating group) is 1. The average molecular weight is 403 g/mol. The van der Waals surface area contributed by atoms with Gasteiger partial charge in [0.2, 0.25) is 10.0 Å². The van der Waals surface area contributed by atoms with Gasteiger partial charge in [0.05, 0.1) is 10.9 Å². The molecule has 0 aliphatic carbocycles. The second kappa shape index (κ2) is 7.23. The van der Waals surface area contributed by atoms with Crippen molar-refractivity contribution in [3.05, 3.63) is 50.6 Å². The molecule has 7 heteroatoms. The SMILES string of the molecule is Cc1cc(S(=O)(=O)NCC(c2cccs2)N(C)C)ccc1Br. The fourth-order valence-electron chi connectivity index (χ4n) is 2.07. The van der Waals surface area contributed by atoms with E-state index in [9.17, 15) is 8.42 Å². The lowest BCUT2D eigenvalue weighted by molar-refractivity contribution is 0.303. The Morgan fingerprint density at radius 2 is 2.05 bits per heavy atom. The molecular formula is C15H19BrN2O2S2. The normalized spacial score (nSPS) is 13.5. The number of nitrogens with one attached hydrogen (secondary N) is 1. The van der Waals surface area contributed by atoms with E-state index in [1.807, 2.05) is 43.4 Å². The van der Waals surface area contributed by atoms with Gasteiger partial charge < -0.3 is 4.90 Å². The summed E-state index contributed by atoms with van der Waals surface area (Å²) in [6.45, 7) is 2.21. The number of rotatable bonds is 6. The van der Waals surface area contributed by atoms with Crippen molar-refractivity contribution in [3.63, 3.8) is 0 Å². The van der Waals surface area contributed by atoms with Crippen molar-refractivity contribution in [2.24, 2.45) is 0 Å². The van der Waals surface area contributed by atoms with Crippen LogP contribution in [0, 0.1) is 6.92 Å². The van der Waals surface area contributed by atoms with Crippen molar-refractivity contribution >= 4 is 37.3 Å². The quantitative estimate of drug-likeness (QED) is 0.805. The van der Waals surface area contributed by atoms with Crippen molar-refractivity contribution in [1.82, 2.24) is 9.62 Å². The summed E-state index contributed by atoms with van der Waals surface area (Å²) in [6, 6.07) is 9.05. The molecule has 0 amide bonds. The Labute approximate surface area is 144 Å². The molecule has 0 saturated heterocycles. The van der Waals surface area contributed by atoms with Crippen LogP contribution in [0.3, 0.4) is 0 Å². The molecule has 2 rings (SSSR count). The average Bonchev–Trinajstić information content (AvgIpc) is 2.95. The molecule has 2 aromatic rings. The largest absolute Gasteiger partial charge is 0.300 e. The minimum Gasteiger partial charge on any atom is -0.300 e. The molecule has 1 heterocycles. The van der Waals surface area contributed by atoms with Gasteiger partial charge in [-0.15, -0.1) is 11.3 Å². The van der Waals surface area contributed by atoms with Crippen LogP contribution in [0.15, 0.2) is 45.1 Å². The number of halogens is 1. The zero-order valence-corrected chi connectivity index (χ0v) is 15.9. The Morgan fingerprint density at radius 1 is 1.32 bits per heavy atom. The van der Waals surface area contributed by atoms with Gasteiger partial charge in [-0.3, -0.25) is 0 Å². The third kappa shape index (κ3) is 4.17. The van der Waals surface area contributed by atoms with E-state index in [1.165, 1.54) is 0 Å². The molecule has 1 aromatic carbocycles. The Kier molecular flexibility index (Phi) is 5.79. The second-order valence-corrected chi connectivity index (χ2v) is 8.86. The molecule has 0 radical (unpaired) electrons. The third-order valence-electron chi connectivity index (χ3n) is 3.40. The highest BCUT2D eigenvalue weighted by atomic mass is 79.9. The van der Waals surface area contributed by atoms with Gasteiger partial charge in [0.15, 0.2) is 0 Å². The number of thiophene rings is 1. The van der Waals surface area contributed by atoms with E-state index in [1.54, 1.807) is 29.5 Å². The summed E-state index contributed by atoms with van der Waals surface area (Å²) in [6.07, 6.45) is 0. The molecule has 1 aromatic heterocycles. The van der Waals surface area contributed by atoms with Crippen LogP contribution in [0.5, 0.6) is 0 Å². The number of benzene rings is 1. The lowest BCUT2D eigenvalue weighted by Gasteiger charge is -2.23. The highest BCUT2D eigenvalue weighted by molar-refractivity contribution is 9.10. The van der Waals surface area contributed by atoms with E-state index in [0.29, 0.717) is 6.54 Å². The maximum atomic E-state index is 12.5. The predicted octanol–water partition coefficient (Wildman–Crippen LogP) is 3.40. The highest BCUT2D eigenvalue weighted by Gasteiger charge is 2.20. The van der Waals surface area contributed by atoms with E-state index in [2.05, 4.69) is 20.7 Å². The first kappa shape index (κ1) is 17.6. The van der Waals surface area contributed by atoms with Crippen molar-refractivity contribution in [1.29, 1.82) is 0 Å². The van der Waals surface area contributed by atoms with Crippen molar-refractivity contribution in [3.8, 4) is 0 Å². The van der Waals surface area contributed by atoms with Gasteiger partial charge in [-0.2, -0.15) is 0 Å². The minimum absolute atomic E-state index is 0.0197. The molecule has 0 aliphatic heterocycles. The zero-order valence-electron chi connectivity index (χ0n) is 12.7. The van der Waals surface area contributed by atoms with Crippen LogP contribution < -0.4 is 4.72 Å². The molecular weight excluding hydrogens is 384 g/mol. The van der Waals surface area contributed by atoms with E-state index in [-0.39, 0.29) is 10.9 Å². The highest BCUT2D eigenvalue weighted by Crippen LogP contribution is 2.24. The molecule has 0 fully saturated rings. The first-order valence-electron chi connectivity index (χ1n) is 6.77. The van der Waals surface area contributed by atoms with Crippen LogP contribution >= 0.6 is 27.3 Å². The summed E-state index contributed by atoms with van der Waals surface area (Å²) in [5.41, 5.74) is 0.894. The Bertz CT molecular complexity index is 728. The minimum atomic E-state index is -3.51. The monoisotopic (exact) mass is 402 g/mol. The zero-order chi connectivity index (χ0) is 16.3. The third-order valence-corrected chi connectivity index (χ3v) is 6.69. The number of aryl methyl sites for hydroxylation is 1. The fraction of sp³-hybridized carbons (Fsp3) is 0.333. The van der Waals surface area contributed by atoms with E-state index in [4.69, 9.17) is 0 Å². The van der Waals surface area contributed by atoms with Gasteiger partial charge in [0, 0.05) is 15.9 Å². The second-order valence-electron chi connectivity index (χ2n) is 5.26. The molecule has 0 bridgehead atoms. The first-order chi connectivity index (χ1) is 10.3. The molecule has 4 nitrogen and oxygen atoms in total. The van der Waals surface area contributed by atoms with Crippen LogP contribution in [0.1, 0.15) is 16.5 Å². The van der Waals surface area contributed by atoms with Crippen LogP contribution in [-0.4, -0.2) is 34.0 Å². The molecule has 120 valence electrons. The molecule has 0 spiro atoms. The Hall–Kier alpha value is -0.730. The maximum Gasteiger partial charge on any atom is 0.240 e. The van der Waals surface area contributed by atoms with Gasteiger partial charge >= 0.3 is 0 Å². The van der Waals surface area contributed by atoms with E-state index < -0.39 is 10.0 Å². The topological polar surface area (TPSA) is 49.4 Å². The van der Waals surface area contributed by atoms with E-state index >= 15 is 0 Å². The van der Waals surface area contributed by atoms with Gasteiger partial charge in [-0.1, -0.05) is 22.0 Å². The Balaban J connectivity index is 2.16. The van der Waals surface area contributed by atoms with Gasteiger partial charge in [0.25, 0.3) is 0 Å². The lowest BCUT2D eigenvalue weighted by Crippen LogP contribution is -2.34. The molecule has 1 atom stereocenters. The summed E-state index contributed by atoms with van der Waals surface area (Å²) in [7, 11) is 0.382. The van der Waals surface area contributed by atoms with Gasteiger partial charge in [-0.25, -0.2) is 13.1 Å². The summed E-state index contributed by atoms with van der Waals surface area (Å²) < 4.78 is 28.5. The first-order valence-corrected chi connectivity index (χ1v) is 9.92. The lowest BCUT2D eigenvalue weighted by atomic mass is 10.2. The smallest absolute Gasteiger partial charge is 0.240 e. The summed E-state index contributed by atoms with van der Waals surface area (Å²) in [4.78, 5) is 3.44. The standard InChI is InChI=1S/C15H19BrN2O2S2/c1-11-9-12(6-7-13(11)16)22(19,20)17-10-14(18(2)3)15-5-4-8-21-15/h4-9,14,17H,10H2,1-3H3. The van der Waals surface area contributed by atoms with E-state index in [0.717, 1.165) is 14.9 Å². The van der Waals surface area contributed by atoms with Crippen molar-refractivity contribution < 1.29 is 8.42 Å². The number of hydrogen-bond acceptors (Lipinski definition) is 4. The van der Waals surface area contributed by atoms with Crippen molar-refractivity contribution in [2.75, 3.05) is 20.6 Å². The maximum absolute atomic E-state index is 12.5. The van der Waals surface area contributed by atoms with Gasteiger partial charge in [0.1, 0.15) is 0 Å². The molecule has 0 aliphatic rings. The van der Waals surface area contributed by atoms with Crippen LogP contribution in [-0.2, 0) is 10.0 Å². The fourth-order valence-corrected chi connectivity index (χ4v) is 4.37.